The van der Waals surface area contributed by atoms with Crippen LogP contribution in [-0.4, -0.2) is 50.3 Å². The van der Waals surface area contributed by atoms with Gasteiger partial charge in [0.05, 0.1) is 23.8 Å². The van der Waals surface area contributed by atoms with Crippen molar-refractivity contribution in [3.63, 3.8) is 0 Å². The minimum atomic E-state index is -3.62. The Bertz CT molecular complexity index is 1090. The van der Waals surface area contributed by atoms with E-state index in [2.05, 4.69) is 4.98 Å². The number of fused-ring (bicyclic) bond motifs is 1. The molecule has 4 rings (SSSR count). The minimum Gasteiger partial charge on any atom is -0.379 e. The molecular formula is C20H20N2O4S. The summed E-state index contributed by atoms with van der Waals surface area (Å²) in [6.07, 6.45) is 0.777. The van der Waals surface area contributed by atoms with Crippen molar-refractivity contribution < 1.29 is 17.9 Å². The number of H-pyrrole nitrogens is 1. The zero-order valence-corrected chi connectivity index (χ0v) is 15.8. The maximum absolute atomic E-state index is 12.9. The van der Waals surface area contributed by atoms with E-state index in [0.29, 0.717) is 42.9 Å². The molecule has 0 saturated carbocycles. The van der Waals surface area contributed by atoms with Gasteiger partial charge in [0.15, 0.2) is 6.29 Å². The first-order chi connectivity index (χ1) is 13.0. The van der Waals surface area contributed by atoms with E-state index in [-0.39, 0.29) is 4.90 Å². The SMILES string of the molecule is Cc1ccc(-c2[nH]c3ccc(S(=O)(=O)N4CCOCC4)cc3c2C=O)cc1. The highest BCUT2D eigenvalue weighted by Crippen LogP contribution is 2.31. The van der Waals surface area contributed by atoms with Gasteiger partial charge in [0.25, 0.3) is 0 Å². The van der Waals surface area contributed by atoms with Crippen LogP contribution in [0.15, 0.2) is 47.4 Å². The molecule has 0 aliphatic carbocycles. The van der Waals surface area contributed by atoms with Crippen LogP contribution in [0.5, 0.6) is 0 Å². The number of nitrogens with zero attached hydrogens (tertiary/aromatic N) is 1. The minimum absolute atomic E-state index is 0.189. The van der Waals surface area contributed by atoms with Crippen molar-refractivity contribution >= 4 is 27.2 Å². The molecule has 0 bridgehead atoms. The number of hydrogen-bond acceptors (Lipinski definition) is 4. The van der Waals surface area contributed by atoms with Gasteiger partial charge in [-0.3, -0.25) is 4.79 Å². The van der Waals surface area contributed by atoms with Gasteiger partial charge < -0.3 is 9.72 Å². The lowest BCUT2D eigenvalue weighted by Gasteiger charge is -2.26. The predicted molar refractivity (Wildman–Crippen MR) is 103 cm³/mol. The molecule has 0 spiro atoms. The lowest BCUT2D eigenvalue weighted by molar-refractivity contribution is 0.0730. The molecule has 1 N–H and O–H groups in total. The van der Waals surface area contributed by atoms with Crippen LogP contribution in [-0.2, 0) is 14.8 Å². The number of benzene rings is 2. The molecule has 1 fully saturated rings. The molecule has 0 radical (unpaired) electrons. The van der Waals surface area contributed by atoms with Crippen molar-refractivity contribution in [3.8, 4) is 11.3 Å². The van der Waals surface area contributed by atoms with Gasteiger partial charge in [-0.15, -0.1) is 0 Å². The van der Waals surface area contributed by atoms with Gasteiger partial charge in [0.2, 0.25) is 10.0 Å². The standard InChI is InChI=1S/C20H20N2O4S/c1-14-2-4-15(5-3-14)20-18(13-23)17-12-16(6-7-19(17)21-20)27(24,25)22-8-10-26-11-9-22/h2-7,12-13,21H,8-11H2,1H3. The van der Waals surface area contributed by atoms with Gasteiger partial charge in [-0.1, -0.05) is 29.8 Å². The van der Waals surface area contributed by atoms with Crippen molar-refractivity contribution in [2.45, 2.75) is 11.8 Å². The van der Waals surface area contributed by atoms with Crippen LogP contribution in [0.3, 0.4) is 0 Å². The van der Waals surface area contributed by atoms with Crippen molar-refractivity contribution in [2.24, 2.45) is 0 Å². The van der Waals surface area contributed by atoms with Crippen molar-refractivity contribution in [3.05, 3.63) is 53.6 Å². The Morgan fingerprint density at radius 2 is 1.78 bits per heavy atom. The summed E-state index contributed by atoms with van der Waals surface area (Å²) in [5, 5.41) is 0.606. The summed E-state index contributed by atoms with van der Waals surface area (Å²) in [5.41, 5.74) is 3.90. The van der Waals surface area contributed by atoms with Crippen LogP contribution >= 0.6 is 0 Å². The number of ether oxygens (including phenoxy) is 1. The molecule has 27 heavy (non-hydrogen) atoms. The lowest BCUT2D eigenvalue weighted by atomic mass is 10.1. The normalized spacial score (nSPS) is 15.9. The highest BCUT2D eigenvalue weighted by Gasteiger charge is 2.27. The fourth-order valence-corrected chi connectivity index (χ4v) is 4.79. The molecular weight excluding hydrogens is 364 g/mol. The molecule has 1 aromatic heterocycles. The van der Waals surface area contributed by atoms with Crippen LogP contribution in [0.4, 0.5) is 0 Å². The third kappa shape index (κ3) is 3.18. The molecule has 0 atom stereocenters. The number of aromatic nitrogens is 1. The zero-order chi connectivity index (χ0) is 19.0. The Labute approximate surface area is 157 Å². The Kier molecular flexibility index (Phi) is 4.59. The van der Waals surface area contributed by atoms with E-state index in [0.717, 1.165) is 22.9 Å². The Morgan fingerprint density at radius 3 is 2.44 bits per heavy atom. The predicted octanol–water partition coefficient (Wildman–Crippen LogP) is 2.98. The monoisotopic (exact) mass is 384 g/mol. The quantitative estimate of drug-likeness (QED) is 0.702. The summed E-state index contributed by atoms with van der Waals surface area (Å²) >= 11 is 0. The van der Waals surface area contributed by atoms with E-state index in [1.54, 1.807) is 18.2 Å². The number of sulfonamides is 1. The Hall–Kier alpha value is -2.48. The van der Waals surface area contributed by atoms with Gasteiger partial charge in [0.1, 0.15) is 0 Å². The first-order valence-electron chi connectivity index (χ1n) is 8.76. The maximum atomic E-state index is 12.9. The molecule has 0 amide bonds. The van der Waals surface area contributed by atoms with E-state index in [9.17, 15) is 13.2 Å². The highest BCUT2D eigenvalue weighted by molar-refractivity contribution is 7.89. The summed E-state index contributed by atoms with van der Waals surface area (Å²) in [5.74, 6) is 0. The average Bonchev–Trinajstić information content (AvgIpc) is 3.07. The van der Waals surface area contributed by atoms with Gasteiger partial charge in [-0.25, -0.2) is 8.42 Å². The van der Waals surface area contributed by atoms with E-state index < -0.39 is 10.0 Å². The number of aromatic amines is 1. The molecule has 2 heterocycles. The average molecular weight is 384 g/mol. The molecule has 140 valence electrons. The van der Waals surface area contributed by atoms with Gasteiger partial charge in [-0.05, 0) is 30.7 Å². The smallest absolute Gasteiger partial charge is 0.243 e. The number of aldehydes is 1. The number of hydrogen-bond donors (Lipinski definition) is 1. The number of nitrogens with one attached hydrogen (secondary N) is 1. The number of aryl methyl sites for hydroxylation is 1. The van der Waals surface area contributed by atoms with E-state index in [1.165, 1.54) is 4.31 Å². The number of rotatable bonds is 4. The van der Waals surface area contributed by atoms with Crippen LogP contribution in [0.25, 0.3) is 22.2 Å². The van der Waals surface area contributed by atoms with Crippen LogP contribution in [0, 0.1) is 6.92 Å². The van der Waals surface area contributed by atoms with Crippen LogP contribution in [0.2, 0.25) is 0 Å². The van der Waals surface area contributed by atoms with Gasteiger partial charge in [0, 0.05) is 29.6 Å². The topological polar surface area (TPSA) is 79.5 Å². The molecule has 6 nitrogen and oxygen atoms in total. The Morgan fingerprint density at radius 1 is 1.07 bits per heavy atom. The summed E-state index contributed by atoms with van der Waals surface area (Å²) in [6, 6.07) is 12.7. The molecule has 1 saturated heterocycles. The Balaban J connectivity index is 1.82. The third-order valence-electron chi connectivity index (χ3n) is 4.88. The van der Waals surface area contributed by atoms with E-state index in [1.807, 2.05) is 31.2 Å². The van der Waals surface area contributed by atoms with Gasteiger partial charge >= 0.3 is 0 Å². The van der Waals surface area contributed by atoms with Crippen molar-refractivity contribution in [1.82, 2.24) is 9.29 Å². The lowest BCUT2D eigenvalue weighted by Crippen LogP contribution is -2.40. The highest BCUT2D eigenvalue weighted by atomic mass is 32.2. The molecule has 0 unspecified atom stereocenters. The van der Waals surface area contributed by atoms with Crippen LogP contribution < -0.4 is 0 Å². The summed E-state index contributed by atoms with van der Waals surface area (Å²) in [7, 11) is -3.62. The number of carbonyl (C=O) groups is 1. The summed E-state index contributed by atoms with van der Waals surface area (Å²) in [4.78, 5) is 15.2. The van der Waals surface area contributed by atoms with E-state index >= 15 is 0 Å². The molecule has 1 aliphatic heterocycles. The fraction of sp³-hybridized carbons (Fsp3) is 0.250. The zero-order valence-electron chi connectivity index (χ0n) is 14.9. The second kappa shape index (κ2) is 6.92. The molecule has 1 aliphatic rings. The first-order valence-corrected chi connectivity index (χ1v) is 10.2. The van der Waals surface area contributed by atoms with Crippen LogP contribution in [0.1, 0.15) is 15.9 Å². The fourth-order valence-electron chi connectivity index (χ4n) is 3.36. The number of carbonyl (C=O) groups excluding carboxylic acids is 1. The molecule has 3 aromatic rings. The van der Waals surface area contributed by atoms with Crippen molar-refractivity contribution in [1.29, 1.82) is 0 Å². The third-order valence-corrected chi connectivity index (χ3v) is 6.77. The number of morpholine rings is 1. The van der Waals surface area contributed by atoms with Gasteiger partial charge in [-0.2, -0.15) is 4.31 Å². The van der Waals surface area contributed by atoms with E-state index in [4.69, 9.17) is 4.74 Å². The maximum Gasteiger partial charge on any atom is 0.243 e. The largest absolute Gasteiger partial charge is 0.379 e. The molecule has 7 heteroatoms. The second-order valence-corrected chi connectivity index (χ2v) is 8.56. The second-order valence-electron chi connectivity index (χ2n) is 6.62. The summed E-state index contributed by atoms with van der Waals surface area (Å²) < 4.78 is 32.5. The summed E-state index contributed by atoms with van der Waals surface area (Å²) in [6.45, 7) is 3.45. The first kappa shape index (κ1) is 17.9. The molecule has 2 aromatic carbocycles. The van der Waals surface area contributed by atoms with Crippen molar-refractivity contribution in [2.75, 3.05) is 26.3 Å².